The Morgan fingerprint density at radius 1 is 1.08 bits per heavy atom. The lowest BCUT2D eigenvalue weighted by Gasteiger charge is -2.39. The molecule has 0 saturated carbocycles. The van der Waals surface area contributed by atoms with Crippen LogP contribution in [0.25, 0.3) is 0 Å². The number of amides is 1. The summed E-state index contributed by atoms with van der Waals surface area (Å²) in [5.74, 6) is 0.606. The van der Waals surface area contributed by atoms with E-state index in [0.29, 0.717) is 24.7 Å². The van der Waals surface area contributed by atoms with Crippen LogP contribution >= 0.6 is 0 Å². The van der Waals surface area contributed by atoms with Gasteiger partial charge in [-0.1, -0.05) is 0 Å². The molecule has 0 radical (unpaired) electrons. The zero-order valence-electron chi connectivity index (χ0n) is 14.0. The van der Waals surface area contributed by atoms with Crippen molar-refractivity contribution in [3.8, 4) is 5.75 Å². The molecule has 2 aliphatic rings. The molecule has 1 N–H and O–H groups in total. The van der Waals surface area contributed by atoms with Gasteiger partial charge in [0.05, 0.1) is 6.61 Å². The Hall–Kier alpha value is -1.73. The molecule has 5 nitrogen and oxygen atoms in total. The second-order valence-electron chi connectivity index (χ2n) is 6.46. The quantitative estimate of drug-likeness (QED) is 0.882. The molecule has 2 fully saturated rings. The first kappa shape index (κ1) is 18.1. The Kier molecular flexibility index (Phi) is 6.20. The van der Waals surface area contributed by atoms with Crippen LogP contribution < -0.4 is 10.1 Å². The molecule has 2 atom stereocenters. The van der Waals surface area contributed by atoms with Gasteiger partial charge in [0.25, 0.3) is 5.91 Å². The molecule has 1 amide bonds. The molecule has 0 unspecified atom stereocenters. The minimum Gasteiger partial charge on any atom is -0.435 e. The summed E-state index contributed by atoms with van der Waals surface area (Å²) in [5, 5.41) is 3.09. The standard InChI is InChI=1S/C18H23F2NO4/c19-18(20)25-14-3-1-13(2-4-14)17(22)21-16-7-10-24-11-15(16)12-5-8-23-9-6-12/h1-4,12,15-16,18H,5-11H2,(H,21,22)/t15-,16-/m1/s1. The molecule has 1 aromatic rings. The number of halogens is 2. The maximum absolute atomic E-state index is 12.5. The van der Waals surface area contributed by atoms with E-state index in [-0.39, 0.29) is 23.6 Å². The van der Waals surface area contributed by atoms with Crippen LogP contribution in [0.15, 0.2) is 24.3 Å². The summed E-state index contributed by atoms with van der Waals surface area (Å²) in [5.41, 5.74) is 0.429. The molecule has 0 spiro atoms. The fraction of sp³-hybridized carbons (Fsp3) is 0.611. The van der Waals surface area contributed by atoms with Gasteiger partial charge in [0.2, 0.25) is 0 Å². The Balaban J connectivity index is 1.61. The van der Waals surface area contributed by atoms with Gasteiger partial charge in [0, 0.05) is 37.3 Å². The van der Waals surface area contributed by atoms with Gasteiger partial charge in [0.1, 0.15) is 5.75 Å². The van der Waals surface area contributed by atoms with Crippen molar-refractivity contribution < 1.29 is 27.8 Å². The first-order chi connectivity index (χ1) is 12.1. The van der Waals surface area contributed by atoms with E-state index >= 15 is 0 Å². The summed E-state index contributed by atoms with van der Waals surface area (Å²) in [6.45, 7) is -0.0779. The second kappa shape index (κ2) is 8.58. The molecular formula is C18H23F2NO4. The molecule has 0 bridgehead atoms. The lowest BCUT2D eigenvalue weighted by Crippen LogP contribution is -2.49. The van der Waals surface area contributed by atoms with E-state index in [2.05, 4.69) is 10.1 Å². The fourth-order valence-electron chi connectivity index (χ4n) is 3.59. The van der Waals surface area contributed by atoms with E-state index in [1.54, 1.807) is 0 Å². The number of carbonyl (C=O) groups is 1. The smallest absolute Gasteiger partial charge is 0.387 e. The van der Waals surface area contributed by atoms with Crippen LogP contribution in [0.3, 0.4) is 0 Å². The highest BCUT2D eigenvalue weighted by Crippen LogP contribution is 2.30. The van der Waals surface area contributed by atoms with E-state index in [9.17, 15) is 13.6 Å². The minimum absolute atomic E-state index is 0.0395. The molecule has 25 heavy (non-hydrogen) atoms. The predicted octanol–water partition coefficient (Wildman–Crippen LogP) is 2.85. The van der Waals surface area contributed by atoms with Crippen LogP contribution in [-0.2, 0) is 9.47 Å². The van der Waals surface area contributed by atoms with Crippen LogP contribution in [0.5, 0.6) is 5.75 Å². The monoisotopic (exact) mass is 355 g/mol. The lowest BCUT2D eigenvalue weighted by atomic mass is 9.79. The molecular weight excluding hydrogens is 332 g/mol. The molecule has 2 heterocycles. The van der Waals surface area contributed by atoms with Crippen LogP contribution in [0, 0.1) is 11.8 Å². The number of nitrogens with one attached hydrogen (secondary N) is 1. The normalized spacial score (nSPS) is 24.9. The molecule has 7 heteroatoms. The maximum atomic E-state index is 12.5. The summed E-state index contributed by atoms with van der Waals surface area (Å²) in [6, 6.07) is 5.80. The number of benzene rings is 1. The van der Waals surface area contributed by atoms with Crippen LogP contribution in [0.4, 0.5) is 8.78 Å². The van der Waals surface area contributed by atoms with Gasteiger partial charge in [-0.2, -0.15) is 8.78 Å². The van der Waals surface area contributed by atoms with Gasteiger partial charge in [-0.15, -0.1) is 0 Å². The highest BCUT2D eigenvalue weighted by Gasteiger charge is 2.34. The summed E-state index contributed by atoms with van der Waals surface area (Å²) in [4.78, 5) is 12.5. The van der Waals surface area contributed by atoms with E-state index in [1.165, 1.54) is 24.3 Å². The molecule has 0 aliphatic carbocycles. The van der Waals surface area contributed by atoms with E-state index in [1.807, 2.05) is 0 Å². The van der Waals surface area contributed by atoms with Gasteiger partial charge >= 0.3 is 6.61 Å². The van der Waals surface area contributed by atoms with Crippen LogP contribution in [-0.4, -0.2) is 45.0 Å². The highest BCUT2D eigenvalue weighted by atomic mass is 19.3. The first-order valence-corrected chi connectivity index (χ1v) is 8.64. The summed E-state index contributed by atoms with van der Waals surface area (Å²) in [6.07, 6.45) is 2.75. The zero-order chi connectivity index (χ0) is 17.6. The number of carbonyl (C=O) groups excluding carboxylic acids is 1. The van der Waals surface area contributed by atoms with Crippen molar-refractivity contribution >= 4 is 5.91 Å². The third-order valence-corrected chi connectivity index (χ3v) is 4.93. The zero-order valence-corrected chi connectivity index (χ0v) is 14.0. The predicted molar refractivity (Wildman–Crippen MR) is 86.8 cm³/mol. The van der Waals surface area contributed by atoms with Gasteiger partial charge in [0.15, 0.2) is 0 Å². The van der Waals surface area contributed by atoms with E-state index in [4.69, 9.17) is 9.47 Å². The van der Waals surface area contributed by atoms with Gasteiger partial charge in [-0.3, -0.25) is 4.79 Å². The molecule has 2 aliphatic heterocycles. The Labute approximate surface area is 145 Å². The molecule has 2 saturated heterocycles. The molecule has 0 aromatic heterocycles. The third kappa shape index (κ3) is 4.89. The summed E-state index contributed by atoms with van der Waals surface area (Å²) >= 11 is 0. The van der Waals surface area contributed by atoms with Gasteiger partial charge < -0.3 is 19.5 Å². The minimum atomic E-state index is -2.87. The van der Waals surface area contributed by atoms with Gasteiger partial charge in [-0.05, 0) is 49.4 Å². The Bertz CT molecular complexity index is 561. The molecule has 3 rings (SSSR count). The number of hydrogen-bond donors (Lipinski definition) is 1. The Morgan fingerprint density at radius 3 is 2.44 bits per heavy atom. The van der Waals surface area contributed by atoms with E-state index < -0.39 is 6.61 Å². The Morgan fingerprint density at radius 2 is 1.76 bits per heavy atom. The van der Waals surface area contributed by atoms with Crippen molar-refractivity contribution in [3.05, 3.63) is 29.8 Å². The molecule has 1 aromatic carbocycles. The summed E-state index contributed by atoms with van der Waals surface area (Å²) < 4.78 is 39.7. The SMILES string of the molecule is O=C(N[C@@H]1CCOC[C@@H]1C1CCOCC1)c1ccc(OC(F)F)cc1. The summed E-state index contributed by atoms with van der Waals surface area (Å²) in [7, 11) is 0. The van der Waals surface area contributed by atoms with Crippen molar-refractivity contribution in [2.45, 2.75) is 31.9 Å². The average molecular weight is 355 g/mol. The van der Waals surface area contributed by atoms with Gasteiger partial charge in [-0.25, -0.2) is 0 Å². The number of rotatable bonds is 5. The fourth-order valence-corrected chi connectivity index (χ4v) is 3.59. The molecule has 138 valence electrons. The topological polar surface area (TPSA) is 56.8 Å². The number of alkyl halides is 2. The van der Waals surface area contributed by atoms with Crippen LogP contribution in [0.2, 0.25) is 0 Å². The largest absolute Gasteiger partial charge is 0.435 e. The van der Waals surface area contributed by atoms with Crippen molar-refractivity contribution in [2.75, 3.05) is 26.4 Å². The van der Waals surface area contributed by atoms with E-state index in [0.717, 1.165) is 32.5 Å². The van der Waals surface area contributed by atoms with Crippen molar-refractivity contribution in [1.29, 1.82) is 0 Å². The number of hydrogen-bond acceptors (Lipinski definition) is 4. The first-order valence-electron chi connectivity index (χ1n) is 8.64. The van der Waals surface area contributed by atoms with Crippen molar-refractivity contribution in [1.82, 2.24) is 5.32 Å². The van der Waals surface area contributed by atoms with Crippen molar-refractivity contribution in [3.63, 3.8) is 0 Å². The average Bonchev–Trinajstić information content (AvgIpc) is 2.63. The maximum Gasteiger partial charge on any atom is 0.387 e. The van der Waals surface area contributed by atoms with Crippen LogP contribution in [0.1, 0.15) is 29.6 Å². The highest BCUT2D eigenvalue weighted by molar-refractivity contribution is 5.94. The third-order valence-electron chi connectivity index (χ3n) is 4.93. The second-order valence-corrected chi connectivity index (χ2v) is 6.46. The lowest BCUT2D eigenvalue weighted by molar-refractivity contribution is -0.0498. The number of ether oxygens (including phenoxy) is 3. The van der Waals surface area contributed by atoms with Crippen molar-refractivity contribution in [2.24, 2.45) is 11.8 Å².